The Labute approximate surface area is 121 Å². The maximum Gasteiger partial charge on any atom is 0.335 e. The molecule has 0 bridgehead atoms. The van der Waals surface area contributed by atoms with Crippen LogP contribution in [0.25, 0.3) is 0 Å². The molecule has 2 aromatic carbocycles. The first kappa shape index (κ1) is 14.4. The summed E-state index contributed by atoms with van der Waals surface area (Å²) in [5.74, 6) is -1.00. The first-order valence-electron chi connectivity index (χ1n) is 6.28. The van der Waals surface area contributed by atoms with Crippen LogP contribution in [0.2, 0.25) is 0 Å². The molecule has 0 aliphatic carbocycles. The van der Waals surface area contributed by atoms with Crippen LogP contribution in [0, 0.1) is 0 Å². The van der Waals surface area contributed by atoms with Crippen molar-refractivity contribution in [2.75, 3.05) is 11.1 Å². The Morgan fingerprint density at radius 3 is 2.57 bits per heavy atom. The number of benzene rings is 2. The fraction of sp³-hybridized carbons (Fsp3) is 0.0667. The van der Waals surface area contributed by atoms with Gasteiger partial charge >= 0.3 is 12.0 Å². The van der Waals surface area contributed by atoms with E-state index in [-0.39, 0.29) is 12.1 Å². The summed E-state index contributed by atoms with van der Waals surface area (Å²) >= 11 is 0. The maximum absolute atomic E-state index is 11.8. The number of nitrogens with one attached hydrogen (secondary N) is 2. The number of anilines is 2. The number of rotatable bonds is 4. The van der Waals surface area contributed by atoms with E-state index in [2.05, 4.69) is 10.6 Å². The Morgan fingerprint density at radius 1 is 1.10 bits per heavy atom. The average Bonchev–Trinajstić information content (AvgIpc) is 2.48. The quantitative estimate of drug-likeness (QED) is 0.647. The number of carbonyl (C=O) groups excluding carboxylic acids is 1. The Hall–Kier alpha value is -3.02. The Bertz CT molecular complexity index is 671. The lowest BCUT2D eigenvalue weighted by atomic mass is 10.1. The minimum Gasteiger partial charge on any atom is -0.478 e. The van der Waals surface area contributed by atoms with Gasteiger partial charge in [-0.25, -0.2) is 9.59 Å². The van der Waals surface area contributed by atoms with E-state index in [1.165, 1.54) is 12.1 Å². The van der Waals surface area contributed by atoms with Crippen LogP contribution >= 0.6 is 0 Å². The maximum atomic E-state index is 11.8. The lowest BCUT2D eigenvalue weighted by Gasteiger charge is -2.09. The van der Waals surface area contributed by atoms with Gasteiger partial charge in [0.05, 0.1) is 16.9 Å². The molecule has 5 N–H and O–H groups in total. The van der Waals surface area contributed by atoms with Crippen LogP contribution < -0.4 is 16.4 Å². The summed E-state index contributed by atoms with van der Waals surface area (Å²) in [5.41, 5.74) is 7.60. The van der Waals surface area contributed by atoms with E-state index in [1.807, 2.05) is 0 Å². The summed E-state index contributed by atoms with van der Waals surface area (Å²) in [6.45, 7) is 0.222. The molecule has 2 amide bonds. The van der Waals surface area contributed by atoms with E-state index in [4.69, 9.17) is 10.8 Å². The minimum absolute atomic E-state index is 0.182. The molecule has 0 heterocycles. The number of para-hydroxylation sites is 2. The third kappa shape index (κ3) is 3.97. The van der Waals surface area contributed by atoms with Gasteiger partial charge in [-0.05, 0) is 29.8 Å². The van der Waals surface area contributed by atoms with Crippen LogP contribution in [0.1, 0.15) is 15.9 Å². The number of hydrogen-bond donors (Lipinski definition) is 4. The van der Waals surface area contributed by atoms with Gasteiger partial charge in [-0.3, -0.25) is 0 Å². The highest BCUT2D eigenvalue weighted by atomic mass is 16.4. The first-order chi connectivity index (χ1) is 10.1. The van der Waals surface area contributed by atoms with Crippen molar-refractivity contribution in [2.24, 2.45) is 0 Å². The van der Waals surface area contributed by atoms with Crippen LogP contribution in [0.15, 0.2) is 48.5 Å². The summed E-state index contributed by atoms with van der Waals surface area (Å²) < 4.78 is 0. The molecule has 0 saturated heterocycles. The van der Waals surface area contributed by atoms with E-state index in [0.29, 0.717) is 16.9 Å². The van der Waals surface area contributed by atoms with Crippen LogP contribution in [0.4, 0.5) is 16.2 Å². The predicted octanol–water partition coefficient (Wildman–Crippen LogP) is 2.29. The first-order valence-corrected chi connectivity index (χ1v) is 6.28. The van der Waals surface area contributed by atoms with Crippen molar-refractivity contribution < 1.29 is 14.7 Å². The normalized spacial score (nSPS) is 9.90. The molecular weight excluding hydrogens is 270 g/mol. The monoisotopic (exact) mass is 285 g/mol. The average molecular weight is 285 g/mol. The second-order valence-electron chi connectivity index (χ2n) is 4.40. The van der Waals surface area contributed by atoms with Crippen LogP contribution in [0.3, 0.4) is 0 Å². The molecule has 2 rings (SSSR count). The topological polar surface area (TPSA) is 104 Å². The summed E-state index contributed by atoms with van der Waals surface area (Å²) in [5, 5.41) is 14.2. The molecule has 0 unspecified atom stereocenters. The summed E-state index contributed by atoms with van der Waals surface area (Å²) in [7, 11) is 0. The highest BCUT2D eigenvalue weighted by molar-refractivity contribution is 5.92. The molecule has 0 radical (unpaired) electrons. The molecular formula is C15H15N3O3. The van der Waals surface area contributed by atoms with Crippen molar-refractivity contribution in [3.63, 3.8) is 0 Å². The third-order valence-corrected chi connectivity index (χ3v) is 2.84. The largest absolute Gasteiger partial charge is 0.478 e. The summed E-state index contributed by atoms with van der Waals surface area (Å²) in [4.78, 5) is 22.6. The van der Waals surface area contributed by atoms with E-state index < -0.39 is 12.0 Å². The number of nitrogen functional groups attached to an aromatic ring is 1. The van der Waals surface area contributed by atoms with E-state index in [0.717, 1.165) is 0 Å². The number of nitrogens with two attached hydrogens (primary N) is 1. The van der Waals surface area contributed by atoms with Gasteiger partial charge in [0.15, 0.2) is 0 Å². The van der Waals surface area contributed by atoms with Crippen molar-refractivity contribution in [3.8, 4) is 0 Å². The molecule has 21 heavy (non-hydrogen) atoms. The molecule has 0 aliphatic rings. The lowest BCUT2D eigenvalue weighted by molar-refractivity contribution is 0.0696. The van der Waals surface area contributed by atoms with Gasteiger partial charge in [-0.2, -0.15) is 0 Å². The van der Waals surface area contributed by atoms with Gasteiger partial charge in [-0.15, -0.1) is 0 Å². The molecule has 0 fully saturated rings. The van der Waals surface area contributed by atoms with E-state index >= 15 is 0 Å². The third-order valence-electron chi connectivity index (χ3n) is 2.84. The second-order valence-corrected chi connectivity index (χ2v) is 4.40. The predicted molar refractivity (Wildman–Crippen MR) is 80.1 cm³/mol. The van der Waals surface area contributed by atoms with E-state index in [9.17, 15) is 9.59 Å². The standard InChI is InChI=1S/C15H15N3O3/c16-12-6-1-2-7-13(12)18-15(21)17-9-10-4-3-5-11(8-10)14(19)20/h1-8H,9,16H2,(H,19,20)(H2,17,18,21). The fourth-order valence-corrected chi connectivity index (χ4v) is 1.77. The minimum atomic E-state index is -1.00. The molecule has 6 nitrogen and oxygen atoms in total. The van der Waals surface area contributed by atoms with Crippen molar-refractivity contribution >= 4 is 23.4 Å². The molecule has 0 aromatic heterocycles. The smallest absolute Gasteiger partial charge is 0.335 e. The van der Waals surface area contributed by atoms with Crippen molar-refractivity contribution in [2.45, 2.75) is 6.54 Å². The highest BCUT2D eigenvalue weighted by Gasteiger charge is 2.06. The van der Waals surface area contributed by atoms with Crippen LogP contribution in [-0.4, -0.2) is 17.1 Å². The zero-order chi connectivity index (χ0) is 15.2. The van der Waals surface area contributed by atoms with Gasteiger partial charge < -0.3 is 21.5 Å². The number of urea groups is 1. The van der Waals surface area contributed by atoms with Crippen molar-refractivity contribution in [1.82, 2.24) is 5.32 Å². The molecule has 2 aromatic rings. The molecule has 108 valence electrons. The molecule has 0 spiro atoms. The second kappa shape index (κ2) is 6.42. The van der Waals surface area contributed by atoms with Gasteiger partial charge in [0, 0.05) is 6.54 Å². The van der Waals surface area contributed by atoms with Gasteiger partial charge in [-0.1, -0.05) is 24.3 Å². The van der Waals surface area contributed by atoms with Gasteiger partial charge in [0.2, 0.25) is 0 Å². The van der Waals surface area contributed by atoms with Crippen molar-refractivity contribution in [1.29, 1.82) is 0 Å². The van der Waals surface area contributed by atoms with Crippen LogP contribution in [-0.2, 0) is 6.54 Å². The molecule has 0 saturated carbocycles. The zero-order valence-electron chi connectivity index (χ0n) is 11.2. The van der Waals surface area contributed by atoms with Crippen molar-refractivity contribution in [3.05, 3.63) is 59.7 Å². The van der Waals surface area contributed by atoms with Gasteiger partial charge in [0.25, 0.3) is 0 Å². The van der Waals surface area contributed by atoms with Crippen LogP contribution in [0.5, 0.6) is 0 Å². The van der Waals surface area contributed by atoms with E-state index in [1.54, 1.807) is 36.4 Å². The number of carboxylic acid groups (broad SMARTS) is 1. The molecule has 0 atom stereocenters. The molecule has 6 heteroatoms. The summed E-state index contributed by atoms with van der Waals surface area (Å²) in [6.07, 6.45) is 0. The number of aromatic carboxylic acids is 1. The number of hydrogen-bond acceptors (Lipinski definition) is 3. The zero-order valence-corrected chi connectivity index (χ0v) is 11.2. The fourth-order valence-electron chi connectivity index (χ4n) is 1.77. The number of carbonyl (C=O) groups is 2. The highest BCUT2D eigenvalue weighted by Crippen LogP contribution is 2.16. The SMILES string of the molecule is Nc1ccccc1NC(=O)NCc1cccc(C(=O)O)c1. The lowest BCUT2D eigenvalue weighted by Crippen LogP contribution is -2.28. The summed E-state index contributed by atoms with van der Waals surface area (Å²) in [6, 6.07) is 12.9. The molecule has 0 aliphatic heterocycles. The Balaban J connectivity index is 1.94. The van der Waals surface area contributed by atoms with Gasteiger partial charge in [0.1, 0.15) is 0 Å². The Morgan fingerprint density at radius 2 is 1.86 bits per heavy atom. The number of amides is 2. The number of carboxylic acids is 1. The Kier molecular flexibility index (Phi) is 4.40.